The topological polar surface area (TPSA) is 38.8 Å². The third-order valence-corrected chi connectivity index (χ3v) is 5.87. The predicted molar refractivity (Wildman–Crippen MR) is 107 cm³/mol. The van der Waals surface area contributed by atoms with Crippen LogP contribution in [-0.2, 0) is 14.3 Å². The van der Waals surface area contributed by atoms with Crippen molar-refractivity contribution in [3.63, 3.8) is 0 Å². The Bertz CT molecular complexity index is 779. The second-order valence-corrected chi connectivity index (χ2v) is 7.72. The van der Waals surface area contributed by atoms with Gasteiger partial charge in [0.15, 0.2) is 0 Å². The van der Waals surface area contributed by atoms with E-state index in [2.05, 4.69) is 42.5 Å². The van der Waals surface area contributed by atoms with Gasteiger partial charge in [0.25, 0.3) is 5.91 Å². The standard InChI is InChI=1S/C23H29NO3/c1-17(27-16-19-10-4-5-15-26-19)23(25)24-14-7-13-22(24)21-12-6-9-18-8-2-3-11-20(18)21/h2-3,6,8-9,11-12,17,19,22H,4-5,7,10,13-16H2,1H3/t17-,19-,22+/m0/s1. The van der Waals surface area contributed by atoms with Gasteiger partial charge in [0.2, 0.25) is 0 Å². The van der Waals surface area contributed by atoms with E-state index in [0.717, 1.165) is 38.8 Å². The molecule has 0 N–H and O–H groups in total. The maximum absolute atomic E-state index is 13.1. The molecule has 1 amide bonds. The molecule has 27 heavy (non-hydrogen) atoms. The molecule has 2 saturated heterocycles. The molecule has 0 spiro atoms. The number of amides is 1. The van der Waals surface area contributed by atoms with Crippen molar-refractivity contribution < 1.29 is 14.3 Å². The predicted octanol–water partition coefficient (Wildman–Crippen LogP) is 4.48. The van der Waals surface area contributed by atoms with E-state index in [1.54, 1.807) is 0 Å². The van der Waals surface area contributed by atoms with Crippen LogP contribution < -0.4 is 0 Å². The lowest BCUT2D eigenvalue weighted by Gasteiger charge is -2.30. The summed E-state index contributed by atoms with van der Waals surface area (Å²) in [7, 11) is 0. The van der Waals surface area contributed by atoms with E-state index < -0.39 is 6.10 Å². The second kappa shape index (κ2) is 8.41. The summed E-state index contributed by atoms with van der Waals surface area (Å²) in [6.45, 7) is 4.01. The van der Waals surface area contributed by atoms with Crippen LogP contribution in [0.5, 0.6) is 0 Å². The highest BCUT2D eigenvalue weighted by Crippen LogP contribution is 2.36. The smallest absolute Gasteiger partial charge is 0.251 e. The number of benzene rings is 2. The van der Waals surface area contributed by atoms with Crippen molar-refractivity contribution in [3.8, 4) is 0 Å². The highest BCUT2D eigenvalue weighted by Gasteiger charge is 2.33. The van der Waals surface area contributed by atoms with E-state index >= 15 is 0 Å². The van der Waals surface area contributed by atoms with Gasteiger partial charge < -0.3 is 14.4 Å². The molecule has 3 atom stereocenters. The first-order chi connectivity index (χ1) is 13.2. The molecule has 2 heterocycles. The van der Waals surface area contributed by atoms with Crippen LogP contribution >= 0.6 is 0 Å². The van der Waals surface area contributed by atoms with Gasteiger partial charge in [-0.2, -0.15) is 0 Å². The summed E-state index contributed by atoms with van der Waals surface area (Å²) >= 11 is 0. The number of hydrogen-bond acceptors (Lipinski definition) is 3. The maximum Gasteiger partial charge on any atom is 0.251 e. The summed E-state index contributed by atoms with van der Waals surface area (Å²) in [4.78, 5) is 15.1. The fourth-order valence-electron chi connectivity index (χ4n) is 4.39. The summed E-state index contributed by atoms with van der Waals surface area (Å²) < 4.78 is 11.6. The zero-order valence-electron chi connectivity index (χ0n) is 16.1. The summed E-state index contributed by atoms with van der Waals surface area (Å²) in [5.74, 6) is 0.0984. The Morgan fingerprint density at radius 1 is 1.15 bits per heavy atom. The minimum atomic E-state index is -0.425. The molecule has 2 aliphatic heterocycles. The van der Waals surface area contributed by atoms with Crippen molar-refractivity contribution in [1.82, 2.24) is 4.90 Å². The maximum atomic E-state index is 13.1. The van der Waals surface area contributed by atoms with Gasteiger partial charge >= 0.3 is 0 Å². The minimum absolute atomic E-state index is 0.0984. The van der Waals surface area contributed by atoms with E-state index in [0.29, 0.717) is 6.61 Å². The van der Waals surface area contributed by atoms with E-state index in [4.69, 9.17) is 9.47 Å². The molecule has 0 radical (unpaired) electrons. The third kappa shape index (κ3) is 4.02. The van der Waals surface area contributed by atoms with Crippen molar-refractivity contribution in [2.75, 3.05) is 19.8 Å². The number of ether oxygens (including phenoxy) is 2. The Hall–Kier alpha value is -1.91. The largest absolute Gasteiger partial charge is 0.376 e. The molecule has 2 aliphatic rings. The van der Waals surface area contributed by atoms with Crippen LogP contribution in [0.4, 0.5) is 0 Å². The van der Waals surface area contributed by atoms with E-state index in [9.17, 15) is 4.79 Å². The van der Waals surface area contributed by atoms with Crippen molar-refractivity contribution in [2.24, 2.45) is 0 Å². The molecule has 0 aliphatic carbocycles. The molecule has 2 fully saturated rings. The van der Waals surface area contributed by atoms with Crippen molar-refractivity contribution in [1.29, 1.82) is 0 Å². The molecule has 4 rings (SSSR count). The summed E-state index contributed by atoms with van der Waals surface area (Å²) in [6, 6.07) is 15.0. The first-order valence-electron chi connectivity index (χ1n) is 10.3. The summed E-state index contributed by atoms with van der Waals surface area (Å²) in [5.41, 5.74) is 1.25. The third-order valence-electron chi connectivity index (χ3n) is 5.87. The lowest BCUT2D eigenvalue weighted by molar-refractivity contribution is -0.147. The fourth-order valence-corrected chi connectivity index (χ4v) is 4.39. The zero-order chi connectivity index (χ0) is 18.6. The number of carbonyl (C=O) groups excluding carboxylic acids is 1. The van der Waals surface area contributed by atoms with E-state index in [-0.39, 0.29) is 18.1 Å². The van der Waals surface area contributed by atoms with Crippen LogP contribution in [0.25, 0.3) is 10.8 Å². The first kappa shape index (κ1) is 18.5. The van der Waals surface area contributed by atoms with Crippen LogP contribution in [0.3, 0.4) is 0 Å². The molecule has 0 bridgehead atoms. The van der Waals surface area contributed by atoms with E-state index in [1.165, 1.54) is 22.8 Å². The second-order valence-electron chi connectivity index (χ2n) is 7.72. The molecule has 0 saturated carbocycles. The van der Waals surface area contributed by atoms with Crippen molar-refractivity contribution in [2.45, 2.75) is 57.3 Å². The Balaban J connectivity index is 1.46. The number of carbonyl (C=O) groups is 1. The highest BCUT2D eigenvalue weighted by atomic mass is 16.5. The molecule has 0 aromatic heterocycles. The number of likely N-dealkylation sites (tertiary alicyclic amines) is 1. The van der Waals surface area contributed by atoms with Gasteiger partial charge in [0.05, 0.1) is 18.8 Å². The van der Waals surface area contributed by atoms with Gasteiger partial charge in [0, 0.05) is 13.2 Å². The minimum Gasteiger partial charge on any atom is -0.376 e. The molecule has 4 nitrogen and oxygen atoms in total. The lowest BCUT2D eigenvalue weighted by atomic mass is 9.97. The Kier molecular flexibility index (Phi) is 5.74. The van der Waals surface area contributed by atoms with E-state index in [1.807, 2.05) is 11.8 Å². The summed E-state index contributed by atoms with van der Waals surface area (Å²) in [6.07, 6.45) is 5.11. The summed E-state index contributed by atoms with van der Waals surface area (Å²) in [5, 5.41) is 2.47. The molecular weight excluding hydrogens is 338 g/mol. The molecule has 0 unspecified atom stereocenters. The van der Waals surface area contributed by atoms with Crippen LogP contribution in [-0.4, -0.2) is 42.8 Å². The van der Waals surface area contributed by atoms with Gasteiger partial charge in [-0.15, -0.1) is 0 Å². The lowest BCUT2D eigenvalue weighted by Crippen LogP contribution is -2.40. The quantitative estimate of drug-likeness (QED) is 0.782. The van der Waals surface area contributed by atoms with Crippen LogP contribution in [0.1, 0.15) is 50.6 Å². The van der Waals surface area contributed by atoms with Gasteiger partial charge in [-0.25, -0.2) is 0 Å². The Labute approximate surface area is 161 Å². The molecule has 2 aromatic carbocycles. The Morgan fingerprint density at radius 3 is 2.85 bits per heavy atom. The van der Waals surface area contributed by atoms with Crippen LogP contribution in [0.2, 0.25) is 0 Å². The normalized spacial score (nSPS) is 24.3. The number of hydrogen-bond donors (Lipinski definition) is 0. The average Bonchev–Trinajstić information content (AvgIpc) is 3.21. The monoisotopic (exact) mass is 367 g/mol. The average molecular weight is 367 g/mol. The van der Waals surface area contributed by atoms with Gasteiger partial charge in [-0.1, -0.05) is 42.5 Å². The molecule has 4 heteroatoms. The van der Waals surface area contributed by atoms with Crippen molar-refractivity contribution in [3.05, 3.63) is 48.0 Å². The van der Waals surface area contributed by atoms with Gasteiger partial charge in [-0.05, 0) is 55.4 Å². The molecular formula is C23H29NO3. The van der Waals surface area contributed by atoms with Crippen molar-refractivity contribution >= 4 is 16.7 Å². The SMILES string of the molecule is C[C@H](OC[C@@H]1CCCCO1)C(=O)N1CCC[C@@H]1c1cccc2ccccc12. The number of fused-ring (bicyclic) bond motifs is 1. The first-order valence-corrected chi connectivity index (χ1v) is 10.3. The highest BCUT2D eigenvalue weighted by molar-refractivity contribution is 5.87. The van der Waals surface area contributed by atoms with Gasteiger partial charge in [0.1, 0.15) is 6.10 Å². The van der Waals surface area contributed by atoms with Gasteiger partial charge in [-0.3, -0.25) is 4.79 Å². The Morgan fingerprint density at radius 2 is 2.00 bits per heavy atom. The molecule has 2 aromatic rings. The van der Waals surface area contributed by atoms with Crippen LogP contribution in [0, 0.1) is 0 Å². The number of rotatable bonds is 5. The molecule has 144 valence electrons. The van der Waals surface area contributed by atoms with Crippen LogP contribution in [0.15, 0.2) is 42.5 Å². The number of nitrogens with zero attached hydrogens (tertiary/aromatic N) is 1. The zero-order valence-corrected chi connectivity index (χ0v) is 16.1. The fraction of sp³-hybridized carbons (Fsp3) is 0.522.